The van der Waals surface area contributed by atoms with E-state index < -0.39 is 35.1 Å². The number of ether oxygens (including phenoxy) is 1. The minimum atomic E-state index is -4.93. The van der Waals surface area contributed by atoms with Crippen LogP contribution in [0.25, 0.3) is 16.9 Å². The van der Waals surface area contributed by atoms with Crippen molar-refractivity contribution in [3.8, 4) is 5.82 Å². The number of hydrogen-bond acceptors (Lipinski definition) is 8. The first-order chi connectivity index (χ1) is 22.1. The molecule has 47 heavy (non-hydrogen) atoms. The lowest BCUT2D eigenvalue weighted by molar-refractivity contribution is -0.266. The van der Waals surface area contributed by atoms with Gasteiger partial charge in [-0.3, -0.25) is 4.79 Å². The Morgan fingerprint density at radius 3 is 2.57 bits per heavy atom. The van der Waals surface area contributed by atoms with Crippen molar-refractivity contribution in [1.82, 2.24) is 29.2 Å². The number of carbonyl (C=O) groups is 1. The van der Waals surface area contributed by atoms with Gasteiger partial charge in [0.2, 0.25) is 11.5 Å². The third kappa shape index (κ3) is 5.14. The minimum absolute atomic E-state index is 0.0121. The summed E-state index contributed by atoms with van der Waals surface area (Å²) in [6.45, 7) is 10.2. The molecular weight excluding hydrogens is 615 g/mol. The number of amides is 1. The molecule has 11 nitrogen and oxygen atoms in total. The lowest BCUT2D eigenvalue weighted by Gasteiger charge is -2.36. The molecule has 0 unspecified atom stereocenters. The molecule has 7 rings (SSSR count). The molecule has 1 aliphatic heterocycles. The van der Waals surface area contributed by atoms with E-state index in [1.54, 1.807) is 4.90 Å². The first kappa shape index (κ1) is 30.9. The summed E-state index contributed by atoms with van der Waals surface area (Å²) in [5.74, 6) is 0.119. The molecule has 0 radical (unpaired) electrons. The number of fused-ring (bicyclic) bond motifs is 4. The second-order valence-corrected chi connectivity index (χ2v) is 13.6. The van der Waals surface area contributed by atoms with Crippen molar-refractivity contribution in [2.24, 2.45) is 0 Å². The summed E-state index contributed by atoms with van der Waals surface area (Å²) >= 11 is 0. The van der Waals surface area contributed by atoms with Crippen molar-refractivity contribution < 1.29 is 27.8 Å². The predicted octanol–water partition coefficient (Wildman–Crippen LogP) is 5.39. The van der Waals surface area contributed by atoms with Crippen LogP contribution in [0.3, 0.4) is 0 Å². The molecular formula is C33H34F3N7O4. The number of pyridine rings is 1. The maximum atomic E-state index is 13.9. The SMILES string of the molecule is C=CCn1c(=O)c2cnc(Nc3ccc4c(c3)CN(C(=O)OC(C)(C)C)CC43CC3)nc2n1-c1ccc2c(n1)[C@](O)(C(F)(F)F)CC2. The van der Waals surface area contributed by atoms with E-state index in [2.05, 4.69) is 26.8 Å². The van der Waals surface area contributed by atoms with Crippen LogP contribution in [-0.2, 0) is 35.3 Å². The molecule has 1 amide bonds. The van der Waals surface area contributed by atoms with E-state index in [-0.39, 0.29) is 52.8 Å². The summed E-state index contributed by atoms with van der Waals surface area (Å²) in [7, 11) is 0. The molecule has 0 saturated heterocycles. The zero-order valence-electron chi connectivity index (χ0n) is 26.2. The fraction of sp³-hybridized carbons (Fsp3) is 0.424. The molecule has 1 spiro atoms. The lowest BCUT2D eigenvalue weighted by Crippen LogP contribution is -2.44. The number of allylic oxidation sites excluding steroid dienone is 1. The fourth-order valence-corrected chi connectivity index (χ4v) is 6.67. The Labute approximate surface area is 267 Å². The number of aromatic nitrogens is 5. The number of halogens is 3. The summed E-state index contributed by atoms with van der Waals surface area (Å²) in [4.78, 5) is 41.3. The van der Waals surface area contributed by atoms with Gasteiger partial charge in [-0.25, -0.2) is 24.1 Å². The highest BCUT2D eigenvalue weighted by Crippen LogP contribution is 2.53. The normalized spacial score (nSPS) is 19.9. The summed E-state index contributed by atoms with van der Waals surface area (Å²) in [6.07, 6.45) is -1.05. The Hall–Kier alpha value is -4.72. The molecule has 1 atom stereocenters. The van der Waals surface area contributed by atoms with Crippen LogP contribution < -0.4 is 10.9 Å². The van der Waals surface area contributed by atoms with Crippen molar-refractivity contribution in [3.05, 3.63) is 81.9 Å². The second-order valence-electron chi connectivity index (χ2n) is 13.6. The third-order valence-corrected chi connectivity index (χ3v) is 9.07. The van der Waals surface area contributed by atoms with Crippen LogP contribution in [0.4, 0.5) is 29.6 Å². The van der Waals surface area contributed by atoms with Crippen LogP contribution in [0.2, 0.25) is 0 Å². The monoisotopic (exact) mass is 649 g/mol. The van der Waals surface area contributed by atoms with Crippen LogP contribution in [0.15, 0.2) is 54.0 Å². The highest BCUT2D eigenvalue weighted by Gasteiger charge is 2.59. The first-order valence-electron chi connectivity index (χ1n) is 15.4. The number of anilines is 2. The van der Waals surface area contributed by atoms with Gasteiger partial charge in [0.15, 0.2) is 11.5 Å². The number of carbonyl (C=O) groups excluding carboxylic acids is 1. The molecule has 246 valence electrons. The fourth-order valence-electron chi connectivity index (χ4n) is 6.67. The first-order valence-corrected chi connectivity index (χ1v) is 15.4. The van der Waals surface area contributed by atoms with E-state index in [0.717, 1.165) is 18.4 Å². The van der Waals surface area contributed by atoms with Gasteiger partial charge in [-0.15, -0.1) is 6.58 Å². The quantitative estimate of drug-likeness (QED) is 0.276. The maximum Gasteiger partial charge on any atom is 0.423 e. The number of hydrogen-bond donors (Lipinski definition) is 2. The average molecular weight is 650 g/mol. The molecule has 14 heteroatoms. The predicted molar refractivity (Wildman–Crippen MR) is 167 cm³/mol. The van der Waals surface area contributed by atoms with E-state index in [0.29, 0.717) is 18.8 Å². The van der Waals surface area contributed by atoms with Gasteiger partial charge in [0, 0.05) is 30.4 Å². The zero-order chi connectivity index (χ0) is 33.5. The topological polar surface area (TPSA) is 127 Å². The van der Waals surface area contributed by atoms with Gasteiger partial charge in [-0.2, -0.15) is 18.2 Å². The number of rotatable bonds is 5. The van der Waals surface area contributed by atoms with Crippen LogP contribution in [-0.4, -0.2) is 58.7 Å². The number of alkyl halides is 3. The van der Waals surface area contributed by atoms with Gasteiger partial charge in [0.1, 0.15) is 11.0 Å². The third-order valence-electron chi connectivity index (χ3n) is 9.07. The van der Waals surface area contributed by atoms with Gasteiger partial charge < -0.3 is 20.1 Å². The van der Waals surface area contributed by atoms with E-state index in [1.807, 2.05) is 39.0 Å². The van der Waals surface area contributed by atoms with Gasteiger partial charge in [0.25, 0.3) is 5.56 Å². The molecule has 2 aliphatic carbocycles. The van der Waals surface area contributed by atoms with Crippen molar-refractivity contribution in [3.63, 3.8) is 0 Å². The van der Waals surface area contributed by atoms with Crippen LogP contribution in [0, 0.1) is 0 Å². The lowest BCUT2D eigenvalue weighted by atomic mass is 9.87. The highest BCUT2D eigenvalue weighted by atomic mass is 19.4. The Bertz CT molecular complexity index is 2010. The number of nitrogens with zero attached hydrogens (tertiary/aromatic N) is 6. The van der Waals surface area contributed by atoms with Crippen molar-refractivity contribution in [1.29, 1.82) is 0 Å². The van der Waals surface area contributed by atoms with E-state index in [1.165, 1.54) is 39.3 Å². The molecule has 2 N–H and O–H groups in total. The van der Waals surface area contributed by atoms with Gasteiger partial charge in [-0.1, -0.05) is 18.2 Å². The number of nitrogens with one attached hydrogen (secondary N) is 1. The zero-order valence-corrected chi connectivity index (χ0v) is 26.2. The van der Waals surface area contributed by atoms with Gasteiger partial charge >= 0.3 is 12.3 Å². The molecule has 1 aromatic carbocycles. The van der Waals surface area contributed by atoms with E-state index in [9.17, 15) is 27.9 Å². The summed E-state index contributed by atoms with van der Waals surface area (Å²) in [5, 5.41) is 13.9. The summed E-state index contributed by atoms with van der Waals surface area (Å²) in [6, 6.07) is 8.88. The Morgan fingerprint density at radius 1 is 1.13 bits per heavy atom. The minimum Gasteiger partial charge on any atom is -0.444 e. The molecule has 1 saturated carbocycles. The molecule has 4 heterocycles. The molecule has 1 fully saturated rings. The Kier molecular flexibility index (Phi) is 6.83. The number of aliphatic hydroxyl groups is 1. The Balaban J connectivity index is 1.26. The van der Waals surface area contributed by atoms with Crippen molar-refractivity contribution in [2.45, 2.75) is 82.3 Å². The van der Waals surface area contributed by atoms with Gasteiger partial charge in [0.05, 0.1) is 12.2 Å². The maximum absolute atomic E-state index is 13.9. The average Bonchev–Trinajstić information content (AvgIpc) is 3.60. The number of benzene rings is 1. The molecule has 0 bridgehead atoms. The highest BCUT2D eigenvalue weighted by molar-refractivity contribution is 5.77. The van der Waals surface area contributed by atoms with Gasteiger partial charge in [-0.05, 0) is 81.3 Å². The standard InChI is InChI=1S/C33H34F3N7O4/c1-5-14-42-27(44)22-16-37-28(40-26(22)43(42)24-9-6-19-10-11-32(46,25(19)39-24)33(34,35)36)38-21-7-8-23-20(15-21)17-41(18-31(23)12-13-31)29(45)47-30(2,3)4/h5-9,15-16,46H,1,10-14,17-18H2,2-4H3,(H,37,38,40)/t32-/m0/s1. The second kappa shape index (κ2) is 10.4. The molecule has 4 aromatic rings. The van der Waals surface area contributed by atoms with Crippen molar-refractivity contribution in [2.75, 3.05) is 11.9 Å². The summed E-state index contributed by atoms with van der Waals surface area (Å²) < 4.78 is 50.0. The molecule has 3 aromatic heterocycles. The van der Waals surface area contributed by atoms with Crippen LogP contribution >= 0.6 is 0 Å². The number of aryl methyl sites for hydroxylation is 1. The molecule has 3 aliphatic rings. The van der Waals surface area contributed by atoms with E-state index in [4.69, 9.17) is 4.74 Å². The Morgan fingerprint density at radius 2 is 1.89 bits per heavy atom. The largest absolute Gasteiger partial charge is 0.444 e. The summed E-state index contributed by atoms with van der Waals surface area (Å²) in [5.41, 5.74) is -1.57. The smallest absolute Gasteiger partial charge is 0.423 e. The van der Waals surface area contributed by atoms with Crippen LogP contribution in [0.5, 0.6) is 0 Å². The van der Waals surface area contributed by atoms with Crippen LogP contribution in [0.1, 0.15) is 62.4 Å². The van der Waals surface area contributed by atoms with Crippen molar-refractivity contribution >= 4 is 28.8 Å². The van der Waals surface area contributed by atoms with E-state index >= 15 is 0 Å².